The lowest BCUT2D eigenvalue weighted by Gasteiger charge is -2.11. The first-order chi connectivity index (χ1) is 4.97. The number of carbonyl (C=O) groups is 1. The molecule has 2 N–H and O–H groups in total. The zero-order chi connectivity index (χ0) is 8.48. The Morgan fingerprint density at radius 2 is 2.36 bits per heavy atom. The molecule has 1 atom stereocenters. The van der Waals surface area contributed by atoms with Crippen molar-refractivity contribution in [3.8, 4) is 0 Å². The van der Waals surface area contributed by atoms with Gasteiger partial charge in [0.2, 0.25) is 0 Å². The highest BCUT2D eigenvalue weighted by Gasteiger charge is 2.32. The summed E-state index contributed by atoms with van der Waals surface area (Å²) in [5.74, 6) is 0. The number of nitrogens with one attached hydrogen (secondary N) is 2. The Hall–Kier alpha value is -0.580. The lowest BCUT2D eigenvalue weighted by molar-refractivity contribution is 0.0774. The van der Waals surface area contributed by atoms with Gasteiger partial charge in [0.25, 0.3) is 0 Å². The molecule has 1 fully saturated rings. The van der Waals surface area contributed by atoms with Gasteiger partial charge in [-0.3, -0.25) is 0 Å². The largest absolute Gasteiger partial charge is 0.336 e. The highest BCUT2D eigenvalue weighted by Crippen LogP contribution is 2.25. The predicted octanol–water partition coefficient (Wildman–Crippen LogP) is 0.889. The third-order valence-electron chi connectivity index (χ3n) is 1.32. The fourth-order valence-corrected chi connectivity index (χ4v) is 1.09. The fourth-order valence-electron chi connectivity index (χ4n) is 0.906. The molecule has 0 saturated carbocycles. The van der Waals surface area contributed by atoms with Crippen molar-refractivity contribution in [3.05, 3.63) is 0 Å². The topological polar surface area (TPSA) is 41.1 Å². The smallest absolute Gasteiger partial charge is 0.323 e. The standard InChI is InChI=1S/C5H7ClF2N2O/c6-5(7,8)1-3-2-9-4(11)10-3/h3H,1-2H2,(H2,9,10,11). The molecule has 6 heteroatoms. The molecular formula is C5H7ClF2N2O. The second-order valence-electron chi connectivity index (χ2n) is 2.37. The molecule has 0 aromatic rings. The van der Waals surface area contributed by atoms with Gasteiger partial charge in [-0.15, -0.1) is 0 Å². The van der Waals surface area contributed by atoms with Gasteiger partial charge in [-0.25, -0.2) is 4.79 Å². The van der Waals surface area contributed by atoms with Crippen LogP contribution in [0.15, 0.2) is 0 Å². The molecule has 1 aliphatic heterocycles. The summed E-state index contributed by atoms with van der Waals surface area (Å²) in [5, 5.41) is 1.41. The minimum atomic E-state index is -3.23. The van der Waals surface area contributed by atoms with E-state index in [9.17, 15) is 13.6 Å². The van der Waals surface area contributed by atoms with Crippen molar-refractivity contribution >= 4 is 17.6 Å². The van der Waals surface area contributed by atoms with Gasteiger partial charge in [-0.05, 0) is 11.6 Å². The molecule has 0 radical (unpaired) electrons. The molecule has 0 aromatic heterocycles. The van der Waals surface area contributed by atoms with Gasteiger partial charge < -0.3 is 10.6 Å². The number of hydrogen-bond acceptors (Lipinski definition) is 1. The quantitative estimate of drug-likeness (QED) is 0.615. The van der Waals surface area contributed by atoms with Gasteiger partial charge in [-0.1, -0.05) is 0 Å². The summed E-state index contributed by atoms with van der Waals surface area (Å²) in [6, 6.07) is -0.981. The lowest BCUT2D eigenvalue weighted by atomic mass is 10.2. The molecule has 0 aromatic carbocycles. The van der Waals surface area contributed by atoms with E-state index in [1.807, 2.05) is 0 Å². The van der Waals surface area contributed by atoms with Crippen LogP contribution in [0.2, 0.25) is 0 Å². The molecule has 0 bridgehead atoms. The number of amides is 2. The van der Waals surface area contributed by atoms with E-state index >= 15 is 0 Å². The second kappa shape index (κ2) is 2.81. The van der Waals surface area contributed by atoms with Gasteiger partial charge in [0, 0.05) is 13.0 Å². The average molecular weight is 185 g/mol. The van der Waals surface area contributed by atoms with Crippen LogP contribution in [0.3, 0.4) is 0 Å². The van der Waals surface area contributed by atoms with Crippen LogP contribution in [0.4, 0.5) is 13.6 Å². The monoisotopic (exact) mass is 184 g/mol. The number of hydrogen-bond donors (Lipinski definition) is 2. The van der Waals surface area contributed by atoms with Crippen molar-refractivity contribution in [1.29, 1.82) is 0 Å². The van der Waals surface area contributed by atoms with E-state index in [4.69, 9.17) is 0 Å². The molecule has 1 heterocycles. The van der Waals surface area contributed by atoms with Crippen molar-refractivity contribution in [3.63, 3.8) is 0 Å². The molecule has 2 amide bonds. The highest BCUT2D eigenvalue weighted by molar-refractivity contribution is 6.21. The van der Waals surface area contributed by atoms with Crippen LogP contribution < -0.4 is 10.6 Å². The fraction of sp³-hybridized carbons (Fsp3) is 0.800. The lowest BCUT2D eigenvalue weighted by Crippen LogP contribution is -2.31. The van der Waals surface area contributed by atoms with Crippen LogP contribution in [0, 0.1) is 0 Å². The third kappa shape index (κ3) is 2.88. The van der Waals surface area contributed by atoms with E-state index in [0.29, 0.717) is 0 Å². The van der Waals surface area contributed by atoms with Crippen molar-refractivity contribution in [1.82, 2.24) is 10.6 Å². The van der Waals surface area contributed by atoms with E-state index in [0.717, 1.165) is 0 Å². The average Bonchev–Trinajstić information content (AvgIpc) is 2.10. The maximum absolute atomic E-state index is 12.1. The molecule has 0 aliphatic carbocycles. The zero-order valence-corrected chi connectivity index (χ0v) is 6.29. The number of urea groups is 1. The van der Waals surface area contributed by atoms with Crippen LogP contribution in [0.25, 0.3) is 0 Å². The zero-order valence-electron chi connectivity index (χ0n) is 5.53. The van der Waals surface area contributed by atoms with Crippen molar-refractivity contribution in [2.45, 2.75) is 17.8 Å². The summed E-state index contributed by atoms with van der Waals surface area (Å²) >= 11 is 4.65. The van der Waals surface area contributed by atoms with Gasteiger partial charge in [-0.2, -0.15) is 8.78 Å². The summed E-state index contributed by atoms with van der Waals surface area (Å²) in [6.45, 7) is 0.209. The third-order valence-corrected chi connectivity index (χ3v) is 1.48. The van der Waals surface area contributed by atoms with Crippen LogP contribution in [0.1, 0.15) is 6.42 Å². The maximum atomic E-state index is 12.1. The SMILES string of the molecule is O=C1NCC(CC(F)(F)Cl)N1. The number of alkyl halides is 3. The summed E-state index contributed by atoms with van der Waals surface area (Å²) in [4.78, 5) is 10.4. The van der Waals surface area contributed by atoms with Crippen LogP contribution >= 0.6 is 11.6 Å². The molecule has 1 aliphatic rings. The van der Waals surface area contributed by atoms with Crippen LogP contribution in [-0.2, 0) is 0 Å². The summed E-state index contributed by atoms with van der Waals surface area (Å²) in [7, 11) is 0. The highest BCUT2D eigenvalue weighted by atomic mass is 35.5. The first-order valence-electron chi connectivity index (χ1n) is 3.08. The Morgan fingerprint density at radius 1 is 1.73 bits per heavy atom. The molecule has 0 spiro atoms. The number of rotatable bonds is 2. The first-order valence-corrected chi connectivity index (χ1v) is 3.46. The van der Waals surface area contributed by atoms with E-state index < -0.39 is 23.9 Å². The predicted molar refractivity (Wildman–Crippen MR) is 35.7 cm³/mol. The second-order valence-corrected chi connectivity index (χ2v) is 2.92. The van der Waals surface area contributed by atoms with Gasteiger partial charge >= 0.3 is 11.4 Å². The Morgan fingerprint density at radius 3 is 2.73 bits per heavy atom. The van der Waals surface area contributed by atoms with E-state index in [1.54, 1.807) is 0 Å². The summed E-state index contributed by atoms with van der Waals surface area (Å²) < 4.78 is 24.2. The van der Waals surface area contributed by atoms with Gasteiger partial charge in [0.05, 0.1) is 6.04 Å². The molecular weight excluding hydrogens is 178 g/mol. The van der Waals surface area contributed by atoms with E-state index in [-0.39, 0.29) is 6.54 Å². The van der Waals surface area contributed by atoms with Crippen molar-refractivity contribution < 1.29 is 13.6 Å². The molecule has 1 unspecified atom stereocenters. The van der Waals surface area contributed by atoms with Gasteiger partial charge in [0.1, 0.15) is 0 Å². The Labute approximate surface area is 67.1 Å². The van der Waals surface area contributed by atoms with Gasteiger partial charge in [0.15, 0.2) is 0 Å². The van der Waals surface area contributed by atoms with Crippen LogP contribution in [-0.4, -0.2) is 24.0 Å². The minimum Gasteiger partial charge on any atom is -0.336 e. The van der Waals surface area contributed by atoms with Crippen molar-refractivity contribution in [2.24, 2.45) is 0 Å². The van der Waals surface area contributed by atoms with E-state index in [1.165, 1.54) is 0 Å². The molecule has 3 nitrogen and oxygen atoms in total. The Bertz CT molecular complexity index is 170. The minimum absolute atomic E-state index is 0.209. The molecule has 11 heavy (non-hydrogen) atoms. The summed E-state index contributed by atoms with van der Waals surface area (Å²) in [5.41, 5.74) is 0. The number of halogens is 3. The molecule has 1 saturated heterocycles. The van der Waals surface area contributed by atoms with Crippen LogP contribution in [0.5, 0.6) is 0 Å². The van der Waals surface area contributed by atoms with Crippen molar-refractivity contribution in [2.75, 3.05) is 6.54 Å². The first kappa shape index (κ1) is 8.52. The molecule has 64 valence electrons. The normalized spacial score (nSPS) is 24.6. The molecule has 1 rings (SSSR count). The summed E-state index contributed by atoms with van der Waals surface area (Å²) in [6.07, 6.45) is -0.534. The number of carbonyl (C=O) groups excluding carboxylic acids is 1. The Balaban J connectivity index is 2.34. The van der Waals surface area contributed by atoms with E-state index in [2.05, 4.69) is 22.2 Å². The maximum Gasteiger partial charge on any atom is 0.323 e. The Kier molecular flexibility index (Phi) is 2.17.